The molecule has 0 bridgehead atoms. The molecule has 0 radical (unpaired) electrons. The van der Waals surface area contributed by atoms with Crippen LogP contribution in [0.4, 0.5) is 4.39 Å². The van der Waals surface area contributed by atoms with Crippen LogP contribution in [0.1, 0.15) is 22.8 Å². The van der Waals surface area contributed by atoms with E-state index in [2.05, 4.69) is 0 Å². The smallest absolute Gasteiger partial charge is 0.331 e. The summed E-state index contributed by atoms with van der Waals surface area (Å²) in [6.07, 6.45) is 1.72. The lowest BCUT2D eigenvalue weighted by atomic mass is 10.1. The number of rotatable bonds is 7. The van der Waals surface area contributed by atoms with Crippen LogP contribution in [-0.4, -0.2) is 32.1 Å². The van der Waals surface area contributed by atoms with Gasteiger partial charge >= 0.3 is 5.97 Å². The molecule has 1 unspecified atom stereocenters. The zero-order chi connectivity index (χ0) is 19.1. The molecule has 136 valence electrons. The van der Waals surface area contributed by atoms with Crippen LogP contribution in [0.3, 0.4) is 0 Å². The highest BCUT2D eigenvalue weighted by Gasteiger charge is 2.18. The van der Waals surface area contributed by atoms with E-state index in [4.69, 9.17) is 14.2 Å². The van der Waals surface area contributed by atoms with Crippen molar-refractivity contribution < 1.29 is 28.2 Å². The lowest BCUT2D eigenvalue weighted by Gasteiger charge is -2.11. The molecule has 5 nitrogen and oxygen atoms in total. The van der Waals surface area contributed by atoms with Gasteiger partial charge in [0.15, 0.2) is 6.10 Å². The maximum atomic E-state index is 12.9. The van der Waals surface area contributed by atoms with Crippen molar-refractivity contribution in [3.63, 3.8) is 0 Å². The fourth-order valence-corrected chi connectivity index (χ4v) is 2.24. The van der Waals surface area contributed by atoms with Gasteiger partial charge in [0.05, 0.1) is 14.2 Å². The minimum Gasteiger partial charge on any atom is -0.497 e. The summed E-state index contributed by atoms with van der Waals surface area (Å²) in [5, 5.41) is 0. The van der Waals surface area contributed by atoms with Gasteiger partial charge in [-0.3, -0.25) is 4.79 Å². The van der Waals surface area contributed by atoms with Crippen LogP contribution in [-0.2, 0) is 9.53 Å². The molecule has 0 saturated heterocycles. The second-order valence-electron chi connectivity index (χ2n) is 5.39. The first kappa shape index (κ1) is 19.2. The maximum absolute atomic E-state index is 12.9. The lowest BCUT2D eigenvalue weighted by Crippen LogP contribution is -2.23. The summed E-state index contributed by atoms with van der Waals surface area (Å²) in [7, 11) is 3.05. The van der Waals surface area contributed by atoms with Crippen molar-refractivity contribution in [3.8, 4) is 11.5 Å². The maximum Gasteiger partial charge on any atom is 0.331 e. The highest BCUT2D eigenvalue weighted by Crippen LogP contribution is 2.25. The molecule has 0 aliphatic rings. The molecular formula is C20H19FO5. The topological polar surface area (TPSA) is 61.8 Å². The summed E-state index contributed by atoms with van der Waals surface area (Å²) < 4.78 is 28.4. The fourth-order valence-electron chi connectivity index (χ4n) is 2.24. The Labute approximate surface area is 151 Å². The molecule has 6 heteroatoms. The van der Waals surface area contributed by atoms with Gasteiger partial charge < -0.3 is 14.2 Å². The van der Waals surface area contributed by atoms with Crippen molar-refractivity contribution in [1.29, 1.82) is 0 Å². The van der Waals surface area contributed by atoms with Crippen LogP contribution < -0.4 is 9.47 Å². The Hall–Kier alpha value is -3.15. The van der Waals surface area contributed by atoms with Crippen LogP contribution >= 0.6 is 0 Å². The van der Waals surface area contributed by atoms with Crippen molar-refractivity contribution in [2.45, 2.75) is 13.0 Å². The average molecular weight is 358 g/mol. The van der Waals surface area contributed by atoms with E-state index in [-0.39, 0.29) is 5.56 Å². The second kappa shape index (κ2) is 8.80. The molecule has 2 aromatic rings. The molecule has 0 aliphatic heterocycles. The van der Waals surface area contributed by atoms with Gasteiger partial charge in [-0.15, -0.1) is 0 Å². The van der Waals surface area contributed by atoms with Gasteiger partial charge in [0, 0.05) is 17.2 Å². The molecular weight excluding hydrogens is 339 g/mol. The average Bonchev–Trinajstić information content (AvgIpc) is 2.66. The summed E-state index contributed by atoms with van der Waals surface area (Å²) in [5.41, 5.74) is 0.895. The van der Waals surface area contributed by atoms with E-state index in [0.717, 1.165) is 0 Å². The van der Waals surface area contributed by atoms with Crippen molar-refractivity contribution in [2.75, 3.05) is 14.2 Å². The molecule has 2 rings (SSSR count). The molecule has 0 N–H and O–H groups in total. The van der Waals surface area contributed by atoms with E-state index in [1.165, 1.54) is 57.6 Å². The van der Waals surface area contributed by atoms with Gasteiger partial charge in [0.1, 0.15) is 17.3 Å². The van der Waals surface area contributed by atoms with E-state index in [1.807, 2.05) is 0 Å². The molecule has 0 amide bonds. The highest BCUT2D eigenvalue weighted by molar-refractivity contribution is 6.01. The quantitative estimate of drug-likeness (QED) is 0.429. The Kier molecular flexibility index (Phi) is 6.49. The number of ketones is 1. The predicted molar refractivity (Wildman–Crippen MR) is 94.9 cm³/mol. The Bertz CT molecular complexity index is 811. The fraction of sp³-hybridized carbons (Fsp3) is 0.200. The van der Waals surface area contributed by atoms with Crippen LogP contribution in [0.5, 0.6) is 11.5 Å². The number of carbonyl (C=O) groups is 2. The Morgan fingerprint density at radius 1 is 1.04 bits per heavy atom. The van der Waals surface area contributed by atoms with Gasteiger partial charge in [0.2, 0.25) is 5.78 Å². The molecule has 2 aromatic carbocycles. The van der Waals surface area contributed by atoms with E-state index in [1.54, 1.807) is 18.2 Å². The first-order valence-electron chi connectivity index (χ1n) is 7.85. The normalized spacial score (nSPS) is 11.8. The number of esters is 1. The number of hydrogen-bond donors (Lipinski definition) is 0. The molecule has 0 spiro atoms. The molecule has 0 fully saturated rings. The SMILES string of the molecule is COc1ccc(OC)c(/C=C/C(=O)OC(C)C(=O)c2ccc(F)cc2)c1. The van der Waals surface area contributed by atoms with E-state index in [0.29, 0.717) is 17.1 Å². The molecule has 0 heterocycles. The minimum absolute atomic E-state index is 0.269. The third-order valence-corrected chi connectivity index (χ3v) is 3.63. The van der Waals surface area contributed by atoms with Crippen LogP contribution in [0.2, 0.25) is 0 Å². The minimum atomic E-state index is -0.996. The number of methoxy groups -OCH3 is 2. The number of hydrogen-bond acceptors (Lipinski definition) is 5. The van der Waals surface area contributed by atoms with Crippen molar-refractivity contribution in [2.24, 2.45) is 0 Å². The largest absolute Gasteiger partial charge is 0.497 e. The molecule has 1 atom stereocenters. The van der Waals surface area contributed by atoms with Crippen LogP contribution in [0.25, 0.3) is 6.08 Å². The lowest BCUT2D eigenvalue weighted by molar-refractivity contribution is -0.140. The standard InChI is InChI=1S/C20H19FO5/c1-13(20(23)14-4-7-16(21)8-5-14)26-19(22)11-6-15-12-17(24-2)9-10-18(15)25-3/h4-13H,1-3H3/b11-6+. The number of Topliss-reactive ketones (excluding diaryl/α,β-unsaturated/α-hetero) is 1. The highest BCUT2D eigenvalue weighted by atomic mass is 19.1. The summed E-state index contributed by atoms with van der Waals surface area (Å²) in [6, 6.07) is 10.2. The zero-order valence-electron chi connectivity index (χ0n) is 14.7. The van der Waals surface area contributed by atoms with Gasteiger partial charge in [-0.05, 0) is 55.5 Å². The summed E-state index contributed by atoms with van der Waals surface area (Å²) in [4.78, 5) is 24.2. The van der Waals surface area contributed by atoms with Crippen molar-refractivity contribution >= 4 is 17.8 Å². The van der Waals surface area contributed by atoms with Crippen LogP contribution in [0.15, 0.2) is 48.5 Å². The molecule has 26 heavy (non-hydrogen) atoms. The van der Waals surface area contributed by atoms with E-state index < -0.39 is 23.7 Å². The first-order valence-corrected chi connectivity index (χ1v) is 7.85. The number of ether oxygens (including phenoxy) is 3. The number of carbonyl (C=O) groups excluding carboxylic acids is 2. The first-order chi connectivity index (χ1) is 12.4. The van der Waals surface area contributed by atoms with Crippen molar-refractivity contribution in [1.82, 2.24) is 0 Å². The van der Waals surface area contributed by atoms with E-state index >= 15 is 0 Å². The third-order valence-electron chi connectivity index (χ3n) is 3.63. The summed E-state index contributed by atoms with van der Waals surface area (Å²) in [6.45, 7) is 1.46. The predicted octanol–water partition coefficient (Wildman–Crippen LogP) is 3.67. The summed E-state index contributed by atoms with van der Waals surface area (Å²) >= 11 is 0. The number of benzene rings is 2. The molecule has 0 aliphatic carbocycles. The number of halogens is 1. The third kappa shape index (κ3) is 4.92. The molecule has 0 saturated carbocycles. The van der Waals surface area contributed by atoms with Crippen molar-refractivity contribution in [3.05, 3.63) is 65.5 Å². The van der Waals surface area contributed by atoms with Gasteiger partial charge in [-0.2, -0.15) is 0 Å². The Morgan fingerprint density at radius 3 is 2.35 bits per heavy atom. The van der Waals surface area contributed by atoms with Crippen LogP contribution in [0, 0.1) is 5.82 Å². The zero-order valence-corrected chi connectivity index (χ0v) is 14.7. The van der Waals surface area contributed by atoms with Gasteiger partial charge in [-0.1, -0.05) is 0 Å². The summed E-state index contributed by atoms with van der Waals surface area (Å²) in [5.74, 6) is -0.367. The van der Waals surface area contributed by atoms with E-state index in [9.17, 15) is 14.0 Å². The monoisotopic (exact) mass is 358 g/mol. The molecule has 0 aromatic heterocycles. The Morgan fingerprint density at radius 2 is 1.73 bits per heavy atom. The Balaban J connectivity index is 2.04. The van der Waals surface area contributed by atoms with Gasteiger partial charge in [-0.25, -0.2) is 9.18 Å². The second-order valence-corrected chi connectivity index (χ2v) is 5.39. The van der Waals surface area contributed by atoms with Gasteiger partial charge in [0.25, 0.3) is 0 Å².